The lowest BCUT2D eigenvalue weighted by Crippen LogP contribution is -2.46. The molecule has 2 fully saturated rings. The largest absolute Gasteiger partial charge is 0.496 e. The number of ether oxygens (including phenoxy) is 1. The van der Waals surface area contributed by atoms with Crippen LogP contribution in [-0.4, -0.2) is 78.6 Å². The van der Waals surface area contributed by atoms with Crippen molar-refractivity contribution in [3.63, 3.8) is 0 Å². The van der Waals surface area contributed by atoms with Crippen molar-refractivity contribution < 1.29 is 14.3 Å². The second-order valence-corrected chi connectivity index (χ2v) is 8.38. The molecule has 0 atom stereocenters. The van der Waals surface area contributed by atoms with Crippen LogP contribution < -0.4 is 10.1 Å². The number of amides is 3. The van der Waals surface area contributed by atoms with Crippen LogP contribution in [0.3, 0.4) is 0 Å². The van der Waals surface area contributed by atoms with Crippen LogP contribution in [0.15, 0.2) is 18.2 Å². The molecule has 3 amide bonds. The quantitative estimate of drug-likeness (QED) is 0.700. The van der Waals surface area contributed by atoms with Gasteiger partial charge in [-0.15, -0.1) is 0 Å². The second kappa shape index (κ2) is 8.68. The van der Waals surface area contributed by atoms with E-state index in [1.54, 1.807) is 21.0 Å². The maximum atomic E-state index is 12.2. The zero-order valence-electron chi connectivity index (χ0n) is 16.8. The number of rotatable bonds is 7. The average Bonchev–Trinajstić information content (AvgIpc) is 2.85. The number of carbonyl (C=O) groups excluding carboxylic acids is 2. The Kier molecular flexibility index (Phi) is 6.47. The smallest absolute Gasteiger partial charge is 0.325 e. The molecule has 7 nitrogen and oxygen atoms in total. The molecule has 1 aromatic rings. The highest BCUT2D eigenvalue weighted by atomic mass is 35.5. The van der Waals surface area contributed by atoms with Gasteiger partial charge in [-0.3, -0.25) is 14.6 Å². The molecule has 154 valence electrons. The molecule has 2 aliphatic rings. The molecule has 0 bridgehead atoms. The summed E-state index contributed by atoms with van der Waals surface area (Å²) in [5.41, 5.74) is 0.314. The number of hydrogen-bond acceptors (Lipinski definition) is 5. The van der Waals surface area contributed by atoms with Gasteiger partial charge in [0.2, 0.25) is 0 Å². The molecule has 28 heavy (non-hydrogen) atoms. The summed E-state index contributed by atoms with van der Waals surface area (Å²) in [5, 5.41) is 3.44. The van der Waals surface area contributed by atoms with Crippen LogP contribution in [0, 0.1) is 0 Å². The van der Waals surface area contributed by atoms with Crippen LogP contribution in [0.1, 0.15) is 25.8 Å². The average molecular weight is 409 g/mol. The topological polar surface area (TPSA) is 65.1 Å². The molecule has 0 aliphatic carbocycles. The summed E-state index contributed by atoms with van der Waals surface area (Å²) in [6.07, 6.45) is 0.789. The predicted octanol–water partition coefficient (Wildman–Crippen LogP) is 2.19. The Morgan fingerprint density at radius 3 is 2.39 bits per heavy atom. The van der Waals surface area contributed by atoms with Gasteiger partial charge in [-0.1, -0.05) is 11.6 Å². The second-order valence-electron chi connectivity index (χ2n) is 7.94. The molecule has 0 radical (unpaired) electrons. The van der Waals surface area contributed by atoms with E-state index in [1.807, 2.05) is 18.2 Å². The third-order valence-electron chi connectivity index (χ3n) is 5.40. The summed E-state index contributed by atoms with van der Waals surface area (Å²) in [4.78, 5) is 30.3. The van der Waals surface area contributed by atoms with Crippen molar-refractivity contribution in [1.29, 1.82) is 0 Å². The molecule has 0 aromatic heterocycles. The van der Waals surface area contributed by atoms with Crippen molar-refractivity contribution in [3.8, 4) is 5.75 Å². The third kappa shape index (κ3) is 4.77. The Balaban J connectivity index is 1.42. The first-order chi connectivity index (χ1) is 13.3. The number of benzene rings is 1. The highest BCUT2D eigenvalue weighted by Crippen LogP contribution is 2.24. The van der Waals surface area contributed by atoms with Crippen molar-refractivity contribution in [1.82, 2.24) is 20.0 Å². The number of methoxy groups -OCH3 is 1. The van der Waals surface area contributed by atoms with E-state index >= 15 is 0 Å². The zero-order valence-corrected chi connectivity index (χ0v) is 17.6. The van der Waals surface area contributed by atoms with Crippen LogP contribution >= 0.6 is 11.6 Å². The van der Waals surface area contributed by atoms with Crippen molar-refractivity contribution in [3.05, 3.63) is 28.8 Å². The lowest BCUT2D eigenvalue weighted by molar-refractivity contribution is -0.130. The van der Waals surface area contributed by atoms with Gasteiger partial charge in [0.05, 0.1) is 7.11 Å². The number of halogens is 1. The van der Waals surface area contributed by atoms with Crippen molar-refractivity contribution in [2.45, 2.75) is 32.4 Å². The number of nitrogens with one attached hydrogen (secondary N) is 1. The molecule has 1 aromatic carbocycles. The molecule has 0 spiro atoms. The first-order valence-corrected chi connectivity index (χ1v) is 10.1. The number of nitrogens with zero attached hydrogens (tertiary/aromatic N) is 3. The summed E-state index contributed by atoms with van der Waals surface area (Å²) < 4.78 is 5.44. The van der Waals surface area contributed by atoms with Crippen LogP contribution in [-0.2, 0) is 11.3 Å². The summed E-state index contributed by atoms with van der Waals surface area (Å²) >= 11 is 6.13. The molecule has 0 saturated carbocycles. The number of hydrogen-bond donors (Lipinski definition) is 1. The maximum absolute atomic E-state index is 12.2. The van der Waals surface area contributed by atoms with E-state index in [4.69, 9.17) is 16.3 Å². The van der Waals surface area contributed by atoms with Gasteiger partial charge >= 0.3 is 6.03 Å². The van der Waals surface area contributed by atoms with Gasteiger partial charge in [0.25, 0.3) is 5.91 Å². The summed E-state index contributed by atoms with van der Waals surface area (Å²) in [6.45, 7) is 9.50. The Bertz CT molecular complexity index is 732. The normalized spacial score (nSPS) is 20.5. The molecule has 2 heterocycles. The van der Waals surface area contributed by atoms with E-state index < -0.39 is 5.54 Å². The fraction of sp³-hybridized carbons (Fsp3) is 0.600. The SMILES string of the molecule is COc1ccc(Cl)cc1CN1CCN(CCCN2C(=O)NC(C)(C)C2=O)CC1. The van der Waals surface area contributed by atoms with Gasteiger partial charge in [-0.2, -0.15) is 0 Å². The van der Waals surface area contributed by atoms with E-state index in [9.17, 15) is 9.59 Å². The molecular formula is C20H29ClN4O3. The van der Waals surface area contributed by atoms with Crippen LogP contribution in [0.25, 0.3) is 0 Å². The lowest BCUT2D eigenvalue weighted by Gasteiger charge is -2.35. The number of carbonyl (C=O) groups is 2. The van der Waals surface area contributed by atoms with Crippen LogP contribution in [0.4, 0.5) is 4.79 Å². The number of imide groups is 1. The van der Waals surface area contributed by atoms with Gasteiger partial charge in [-0.25, -0.2) is 4.79 Å². The molecule has 2 saturated heterocycles. The van der Waals surface area contributed by atoms with E-state index in [0.717, 1.165) is 62.0 Å². The Morgan fingerprint density at radius 2 is 1.79 bits per heavy atom. The molecule has 2 aliphatic heterocycles. The lowest BCUT2D eigenvalue weighted by atomic mass is 10.1. The predicted molar refractivity (Wildman–Crippen MR) is 109 cm³/mol. The van der Waals surface area contributed by atoms with E-state index in [0.29, 0.717) is 6.54 Å². The maximum Gasteiger partial charge on any atom is 0.325 e. The first kappa shape index (κ1) is 20.9. The minimum atomic E-state index is -0.788. The number of urea groups is 1. The van der Waals surface area contributed by atoms with Gasteiger partial charge in [0, 0.05) is 49.9 Å². The van der Waals surface area contributed by atoms with Gasteiger partial charge in [0.15, 0.2) is 0 Å². The number of piperazine rings is 1. The van der Waals surface area contributed by atoms with Gasteiger partial charge in [0.1, 0.15) is 11.3 Å². The summed E-state index contributed by atoms with van der Waals surface area (Å²) in [7, 11) is 1.68. The van der Waals surface area contributed by atoms with E-state index in [1.165, 1.54) is 4.90 Å². The highest BCUT2D eigenvalue weighted by molar-refractivity contribution is 6.30. The van der Waals surface area contributed by atoms with Crippen LogP contribution in [0.5, 0.6) is 5.75 Å². The Morgan fingerprint density at radius 1 is 1.11 bits per heavy atom. The fourth-order valence-corrected chi connectivity index (χ4v) is 3.95. The molecule has 0 unspecified atom stereocenters. The van der Waals surface area contributed by atoms with E-state index in [-0.39, 0.29) is 11.9 Å². The minimum absolute atomic E-state index is 0.141. The first-order valence-electron chi connectivity index (χ1n) is 9.71. The summed E-state index contributed by atoms with van der Waals surface area (Å²) in [6, 6.07) is 5.43. The van der Waals surface area contributed by atoms with Crippen molar-refractivity contribution >= 4 is 23.5 Å². The standard InChI is InChI=1S/C20H29ClN4O3/c1-20(2)18(26)25(19(27)22-20)8-4-7-23-9-11-24(12-10-23)14-15-13-16(21)5-6-17(15)28-3/h5-6,13H,4,7-12,14H2,1-3H3,(H,22,27). The molecular weight excluding hydrogens is 380 g/mol. The molecule has 8 heteroatoms. The monoisotopic (exact) mass is 408 g/mol. The Hall–Kier alpha value is -1.83. The molecule has 3 rings (SSSR count). The molecule has 1 N–H and O–H groups in total. The van der Waals surface area contributed by atoms with Gasteiger partial charge in [-0.05, 0) is 45.0 Å². The minimum Gasteiger partial charge on any atom is -0.496 e. The zero-order chi connectivity index (χ0) is 20.3. The summed E-state index contributed by atoms with van der Waals surface area (Å²) in [5.74, 6) is 0.723. The van der Waals surface area contributed by atoms with Crippen molar-refractivity contribution in [2.75, 3.05) is 46.4 Å². The highest BCUT2D eigenvalue weighted by Gasteiger charge is 2.43. The Labute approximate surface area is 171 Å². The fourth-order valence-electron chi connectivity index (χ4n) is 3.76. The van der Waals surface area contributed by atoms with Crippen molar-refractivity contribution in [2.24, 2.45) is 0 Å². The van der Waals surface area contributed by atoms with E-state index in [2.05, 4.69) is 15.1 Å². The van der Waals surface area contributed by atoms with Gasteiger partial charge < -0.3 is 15.0 Å². The van der Waals surface area contributed by atoms with Crippen LogP contribution in [0.2, 0.25) is 5.02 Å². The third-order valence-corrected chi connectivity index (χ3v) is 5.64.